The van der Waals surface area contributed by atoms with Gasteiger partial charge < -0.3 is 10.8 Å². The smallest absolute Gasteiger partial charge is 0.153 e. The molecule has 1 aliphatic rings. The van der Waals surface area contributed by atoms with Crippen LogP contribution in [-0.4, -0.2) is 36.2 Å². The second-order valence-corrected chi connectivity index (χ2v) is 6.73. The maximum absolute atomic E-state index is 11.3. The van der Waals surface area contributed by atoms with E-state index in [0.29, 0.717) is 6.42 Å². The van der Waals surface area contributed by atoms with Crippen LogP contribution in [0.5, 0.6) is 0 Å². The number of aliphatic hydroxyl groups is 1. The highest BCUT2D eigenvalue weighted by atomic mass is 32.2. The molecular formula is C9H19NO3S. The lowest BCUT2D eigenvalue weighted by atomic mass is 9.78. The molecule has 0 aromatic rings. The van der Waals surface area contributed by atoms with Crippen molar-refractivity contribution in [3.05, 3.63) is 0 Å². The number of hydrogen-bond acceptors (Lipinski definition) is 4. The predicted octanol–water partition coefficient (Wildman–Crippen LogP) is 0.0535. The van der Waals surface area contributed by atoms with Gasteiger partial charge >= 0.3 is 0 Å². The Bertz CT molecular complexity index is 310. The van der Waals surface area contributed by atoms with Gasteiger partial charge in [0.1, 0.15) is 0 Å². The molecule has 5 heteroatoms. The summed E-state index contributed by atoms with van der Waals surface area (Å²) in [6.07, 6.45) is 1.75. The topological polar surface area (TPSA) is 80.4 Å². The van der Waals surface area contributed by atoms with E-state index in [1.807, 2.05) is 6.92 Å². The Labute approximate surface area is 85.4 Å². The van der Waals surface area contributed by atoms with E-state index in [1.54, 1.807) is 6.92 Å². The Balaban J connectivity index is 2.87. The van der Waals surface area contributed by atoms with Gasteiger partial charge in [0.05, 0.1) is 17.1 Å². The van der Waals surface area contributed by atoms with Crippen molar-refractivity contribution in [1.29, 1.82) is 0 Å². The SMILES string of the molecule is CCCC(C)(N)C1(O)CCS(=O)(=O)C1. The molecule has 3 N–H and O–H groups in total. The van der Waals surface area contributed by atoms with Crippen LogP contribution < -0.4 is 5.73 Å². The largest absolute Gasteiger partial charge is 0.387 e. The Kier molecular flexibility index (Phi) is 2.96. The third-order valence-electron chi connectivity index (χ3n) is 3.12. The van der Waals surface area contributed by atoms with E-state index in [0.717, 1.165) is 6.42 Å². The first-order valence-electron chi connectivity index (χ1n) is 4.94. The fraction of sp³-hybridized carbons (Fsp3) is 1.00. The maximum atomic E-state index is 11.3. The van der Waals surface area contributed by atoms with E-state index in [1.165, 1.54) is 0 Å². The number of nitrogens with two attached hydrogens (primary N) is 1. The van der Waals surface area contributed by atoms with Crippen molar-refractivity contribution in [2.75, 3.05) is 11.5 Å². The summed E-state index contributed by atoms with van der Waals surface area (Å²) in [5.74, 6) is -0.132. The summed E-state index contributed by atoms with van der Waals surface area (Å²) >= 11 is 0. The Hall–Kier alpha value is -0.130. The lowest BCUT2D eigenvalue weighted by Crippen LogP contribution is -2.59. The second kappa shape index (κ2) is 3.47. The molecule has 1 aliphatic heterocycles. The molecule has 0 spiro atoms. The van der Waals surface area contributed by atoms with Crippen LogP contribution in [0, 0.1) is 0 Å². The molecule has 1 heterocycles. The van der Waals surface area contributed by atoms with Crippen LogP contribution in [0.4, 0.5) is 0 Å². The minimum absolute atomic E-state index is 0.0556. The molecule has 1 rings (SSSR count). The number of rotatable bonds is 3. The van der Waals surface area contributed by atoms with Gasteiger partial charge in [-0.25, -0.2) is 8.42 Å². The van der Waals surface area contributed by atoms with Crippen molar-refractivity contribution < 1.29 is 13.5 Å². The fourth-order valence-electron chi connectivity index (χ4n) is 2.03. The summed E-state index contributed by atoms with van der Waals surface area (Å²) in [4.78, 5) is 0. The van der Waals surface area contributed by atoms with E-state index >= 15 is 0 Å². The molecule has 2 unspecified atom stereocenters. The van der Waals surface area contributed by atoms with E-state index in [4.69, 9.17) is 5.73 Å². The molecular weight excluding hydrogens is 202 g/mol. The van der Waals surface area contributed by atoms with Gasteiger partial charge in [0.2, 0.25) is 0 Å². The summed E-state index contributed by atoms with van der Waals surface area (Å²) in [5, 5.41) is 10.2. The lowest BCUT2D eigenvalue weighted by molar-refractivity contribution is -0.00889. The van der Waals surface area contributed by atoms with Crippen LogP contribution in [0.15, 0.2) is 0 Å². The summed E-state index contributed by atoms with van der Waals surface area (Å²) in [7, 11) is -3.09. The Morgan fingerprint density at radius 1 is 1.57 bits per heavy atom. The van der Waals surface area contributed by atoms with E-state index in [-0.39, 0.29) is 17.9 Å². The quantitative estimate of drug-likeness (QED) is 0.706. The van der Waals surface area contributed by atoms with Crippen molar-refractivity contribution in [3.63, 3.8) is 0 Å². The first kappa shape index (κ1) is 11.9. The van der Waals surface area contributed by atoms with Crippen LogP contribution in [0.25, 0.3) is 0 Å². The molecule has 84 valence electrons. The van der Waals surface area contributed by atoms with Crippen LogP contribution in [-0.2, 0) is 9.84 Å². The number of sulfone groups is 1. The minimum atomic E-state index is -3.09. The standard InChI is InChI=1S/C9H19NO3S/c1-3-4-8(2,10)9(11)5-6-14(12,13)7-9/h11H,3-7,10H2,1-2H3. The molecule has 0 bridgehead atoms. The highest BCUT2D eigenvalue weighted by Gasteiger charge is 2.50. The van der Waals surface area contributed by atoms with Crippen LogP contribution >= 0.6 is 0 Å². The van der Waals surface area contributed by atoms with Crippen LogP contribution in [0.2, 0.25) is 0 Å². The third kappa shape index (κ3) is 2.10. The van der Waals surface area contributed by atoms with E-state index < -0.39 is 21.0 Å². The third-order valence-corrected chi connectivity index (χ3v) is 4.86. The first-order chi connectivity index (χ1) is 6.22. The van der Waals surface area contributed by atoms with Crippen molar-refractivity contribution >= 4 is 9.84 Å². The molecule has 0 radical (unpaired) electrons. The molecule has 4 nitrogen and oxygen atoms in total. The van der Waals surface area contributed by atoms with Crippen LogP contribution in [0.3, 0.4) is 0 Å². The van der Waals surface area contributed by atoms with Gasteiger partial charge in [-0.15, -0.1) is 0 Å². The van der Waals surface area contributed by atoms with E-state index in [9.17, 15) is 13.5 Å². The molecule has 0 aliphatic carbocycles. The van der Waals surface area contributed by atoms with Gasteiger partial charge in [0.15, 0.2) is 9.84 Å². The van der Waals surface area contributed by atoms with Crippen molar-refractivity contribution in [1.82, 2.24) is 0 Å². The van der Waals surface area contributed by atoms with Gasteiger partial charge in [0, 0.05) is 5.54 Å². The average Bonchev–Trinajstić information content (AvgIpc) is 2.27. The molecule has 1 fully saturated rings. The highest BCUT2D eigenvalue weighted by molar-refractivity contribution is 7.91. The maximum Gasteiger partial charge on any atom is 0.153 e. The molecule has 2 atom stereocenters. The number of hydrogen-bond donors (Lipinski definition) is 2. The fourth-order valence-corrected chi connectivity index (χ4v) is 4.03. The van der Waals surface area contributed by atoms with Gasteiger partial charge in [-0.3, -0.25) is 0 Å². The summed E-state index contributed by atoms with van der Waals surface area (Å²) in [6, 6.07) is 0. The van der Waals surface area contributed by atoms with Gasteiger partial charge in [-0.2, -0.15) is 0 Å². The average molecular weight is 221 g/mol. The normalized spacial score (nSPS) is 35.4. The monoisotopic (exact) mass is 221 g/mol. The zero-order valence-electron chi connectivity index (χ0n) is 8.78. The van der Waals surface area contributed by atoms with Gasteiger partial charge in [-0.05, 0) is 19.8 Å². The van der Waals surface area contributed by atoms with Crippen molar-refractivity contribution in [2.24, 2.45) is 5.73 Å². The van der Waals surface area contributed by atoms with Crippen molar-refractivity contribution in [3.8, 4) is 0 Å². The minimum Gasteiger partial charge on any atom is -0.387 e. The highest BCUT2D eigenvalue weighted by Crippen LogP contribution is 2.34. The summed E-state index contributed by atoms with van der Waals surface area (Å²) in [5.41, 5.74) is 3.94. The van der Waals surface area contributed by atoms with Gasteiger partial charge in [-0.1, -0.05) is 13.3 Å². The molecule has 0 amide bonds. The summed E-state index contributed by atoms with van der Waals surface area (Å²) in [6.45, 7) is 3.70. The lowest BCUT2D eigenvalue weighted by Gasteiger charge is -2.38. The molecule has 14 heavy (non-hydrogen) atoms. The summed E-state index contributed by atoms with van der Waals surface area (Å²) < 4.78 is 22.6. The first-order valence-corrected chi connectivity index (χ1v) is 6.76. The second-order valence-electron chi connectivity index (χ2n) is 4.54. The van der Waals surface area contributed by atoms with Gasteiger partial charge in [0.25, 0.3) is 0 Å². The zero-order valence-corrected chi connectivity index (χ0v) is 9.60. The molecule has 0 aromatic heterocycles. The van der Waals surface area contributed by atoms with Crippen LogP contribution in [0.1, 0.15) is 33.1 Å². The molecule has 1 saturated heterocycles. The molecule has 0 saturated carbocycles. The van der Waals surface area contributed by atoms with Crippen molar-refractivity contribution in [2.45, 2.75) is 44.2 Å². The zero-order chi connectivity index (χ0) is 11.0. The Morgan fingerprint density at radius 3 is 2.50 bits per heavy atom. The predicted molar refractivity (Wildman–Crippen MR) is 55.7 cm³/mol. The molecule has 0 aromatic carbocycles. The Morgan fingerprint density at radius 2 is 2.14 bits per heavy atom. The van der Waals surface area contributed by atoms with E-state index in [2.05, 4.69) is 0 Å².